The van der Waals surface area contributed by atoms with Crippen LogP contribution < -0.4 is 0 Å². The number of carbonyl (C=O) groups is 1. The number of aliphatic hydroxyl groups is 3. The predicted molar refractivity (Wildman–Crippen MR) is 91.3 cm³/mol. The first kappa shape index (κ1) is 22.4. The van der Waals surface area contributed by atoms with E-state index in [0.717, 1.165) is 19.3 Å². The molecule has 0 aliphatic carbocycles. The predicted octanol–water partition coefficient (Wildman–Crippen LogP) is 2.96. The fraction of sp³-hybridized carbons (Fsp3) is 0.944. The van der Waals surface area contributed by atoms with E-state index in [-0.39, 0.29) is 19.8 Å². The van der Waals surface area contributed by atoms with Crippen LogP contribution in [-0.2, 0) is 4.79 Å². The Morgan fingerprint density at radius 1 is 0.870 bits per heavy atom. The van der Waals surface area contributed by atoms with E-state index in [0.29, 0.717) is 19.3 Å². The Morgan fingerprint density at radius 3 is 1.83 bits per heavy atom. The minimum Gasteiger partial charge on any atom is -0.481 e. The van der Waals surface area contributed by atoms with Gasteiger partial charge in [0.1, 0.15) is 0 Å². The first-order valence-electron chi connectivity index (χ1n) is 9.13. The van der Waals surface area contributed by atoms with E-state index in [1.54, 1.807) is 0 Å². The molecule has 0 aliphatic rings. The van der Waals surface area contributed by atoms with Crippen LogP contribution >= 0.6 is 0 Å². The molecule has 0 aliphatic heterocycles. The van der Waals surface area contributed by atoms with Crippen molar-refractivity contribution in [2.24, 2.45) is 11.3 Å². The van der Waals surface area contributed by atoms with Crippen LogP contribution in [0.3, 0.4) is 0 Å². The van der Waals surface area contributed by atoms with E-state index in [2.05, 4.69) is 6.92 Å². The molecule has 0 rings (SSSR count). The molecule has 23 heavy (non-hydrogen) atoms. The number of rotatable bonds is 16. The van der Waals surface area contributed by atoms with Gasteiger partial charge < -0.3 is 20.4 Å². The molecule has 138 valence electrons. The van der Waals surface area contributed by atoms with Crippen molar-refractivity contribution in [1.29, 1.82) is 0 Å². The molecular weight excluding hydrogens is 296 g/mol. The van der Waals surface area contributed by atoms with Crippen molar-refractivity contribution < 1.29 is 25.2 Å². The zero-order valence-corrected chi connectivity index (χ0v) is 14.7. The van der Waals surface area contributed by atoms with Gasteiger partial charge in [-0.25, -0.2) is 0 Å². The molecule has 0 bridgehead atoms. The molecule has 0 aromatic carbocycles. The Morgan fingerprint density at radius 2 is 1.39 bits per heavy atom. The van der Waals surface area contributed by atoms with Gasteiger partial charge in [-0.1, -0.05) is 58.3 Å². The summed E-state index contributed by atoms with van der Waals surface area (Å²) in [5.41, 5.74) is -1.03. The van der Waals surface area contributed by atoms with E-state index in [1.165, 1.54) is 32.1 Å². The Labute approximate surface area is 140 Å². The van der Waals surface area contributed by atoms with Crippen LogP contribution in [0, 0.1) is 11.3 Å². The fourth-order valence-electron chi connectivity index (χ4n) is 3.21. The Kier molecular flexibility index (Phi) is 13.4. The number of hydrogen-bond donors (Lipinski definition) is 4. The highest BCUT2D eigenvalue weighted by molar-refractivity contribution is 5.71. The summed E-state index contributed by atoms with van der Waals surface area (Å²) in [5.74, 6) is -1.72. The molecule has 0 heterocycles. The van der Waals surface area contributed by atoms with Crippen molar-refractivity contribution >= 4 is 5.97 Å². The minimum atomic E-state index is -1.03. The Balaban J connectivity index is 4.30. The van der Waals surface area contributed by atoms with Gasteiger partial charge in [-0.3, -0.25) is 4.79 Å². The molecule has 1 unspecified atom stereocenters. The van der Waals surface area contributed by atoms with E-state index in [9.17, 15) is 20.1 Å². The van der Waals surface area contributed by atoms with Crippen LogP contribution in [0.2, 0.25) is 0 Å². The van der Waals surface area contributed by atoms with Gasteiger partial charge in [0.05, 0.1) is 19.1 Å². The lowest BCUT2D eigenvalue weighted by molar-refractivity contribution is -0.151. The van der Waals surface area contributed by atoms with Crippen LogP contribution in [-0.4, -0.2) is 46.2 Å². The number of carboxylic acid groups (broad SMARTS) is 1. The molecule has 4 N–H and O–H groups in total. The average molecular weight is 332 g/mol. The van der Waals surface area contributed by atoms with E-state index >= 15 is 0 Å². The van der Waals surface area contributed by atoms with Gasteiger partial charge in [0, 0.05) is 12.0 Å². The Bertz CT molecular complexity index is 289. The normalized spacial score (nSPS) is 13.2. The molecule has 5 nitrogen and oxygen atoms in total. The van der Waals surface area contributed by atoms with E-state index < -0.39 is 17.3 Å². The summed E-state index contributed by atoms with van der Waals surface area (Å²) in [6.45, 7) is 1.40. The Hall–Kier alpha value is -0.650. The lowest BCUT2D eigenvalue weighted by atomic mass is 9.71. The maximum absolute atomic E-state index is 11.6. The highest BCUT2D eigenvalue weighted by Gasteiger charge is 2.41. The average Bonchev–Trinajstić information content (AvgIpc) is 2.55. The maximum Gasteiger partial charge on any atom is 0.307 e. The highest BCUT2D eigenvalue weighted by atomic mass is 16.4. The number of aliphatic carboxylic acids is 1. The zero-order valence-electron chi connectivity index (χ0n) is 14.7. The molecular formula is C18H36O5. The number of aliphatic hydroxyl groups excluding tert-OH is 3. The minimum absolute atomic E-state index is 0.0636. The molecule has 0 radical (unpaired) electrons. The largest absolute Gasteiger partial charge is 0.481 e. The highest BCUT2D eigenvalue weighted by Crippen LogP contribution is 2.36. The molecule has 0 aromatic heterocycles. The molecule has 0 spiro atoms. The number of hydrogen-bond acceptors (Lipinski definition) is 4. The lowest BCUT2D eigenvalue weighted by Gasteiger charge is -2.35. The van der Waals surface area contributed by atoms with Gasteiger partial charge in [-0.05, 0) is 19.3 Å². The van der Waals surface area contributed by atoms with Gasteiger partial charge in [0.25, 0.3) is 0 Å². The van der Waals surface area contributed by atoms with Crippen LogP contribution in [0.25, 0.3) is 0 Å². The third-order valence-corrected chi connectivity index (χ3v) is 4.85. The van der Waals surface area contributed by atoms with Gasteiger partial charge in [0.15, 0.2) is 0 Å². The summed E-state index contributed by atoms with van der Waals surface area (Å²) in [4.78, 5) is 11.6. The number of unbranched alkanes of at least 4 members (excludes halogenated alkanes) is 7. The molecule has 0 saturated heterocycles. The molecule has 0 fully saturated rings. The van der Waals surface area contributed by atoms with Crippen LogP contribution in [0.4, 0.5) is 0 Å². The topological polar surface area (TPSA) is 98.0 Å². The summed E-state index contributed by atoms with van der Waals surface area (Å²) < 4.78 is 0. The zero-order chi connectivity index (χ0) is 17.6. The smallest absolute Gasteiger partial charge is 0.307 e. The molecule has 0 amide bonds. The summed E-state index contributed by atoms with van der Waals surface area (Å²) in [5, 5.41) is 37.7. The van der Waals surface area contributed by atoms with Crippen LogP contribution in [0.1, 0.15) is 77.6 Å². The first-order valence-corrected chi connectivity index (χ1v) is 9.13. The summed E-state index contributed by atoms with van der Waals surface area (Å²) in [6, 6.07) is 0. The van der Waals surface area contributed by atoms with Crippen LogP contribution in [0.15, 0.2) is 0 Å². The third-order valence-electron chi connectivity index (χ3n) is 4.85. The number of carboxylic acids is 1. The second-order valence-electron chi connectivity index (χ2n) is 6.66. The van der Waals surface area contributed by atoms with Crippen LogP contribution in [0.5, 0.6) is 0 Å². The molecule has 0 saturated carbocycles. The monoisotopic (exact) mass is 332 g/mol. The van der Waals surface area contributed by atoms with E-state index in [1.807, 2.05) is 0 Å². The fourth-order valence-corrected chi connectivity index (χ4v) is 3.21. The van der Waals surface area contributed by atoms with Crippen molar-refractivity contribution in [3.05, 3.63) is 0 Å². The van der Waals surface area contributed by atoms with Gasteiger partial charge >= 0.3 is 5.97 Å². The van der Waals surface area contributed by atoms with Gasteiger partial charge in [0.2, 0.25) is 0 Å². The molecule has 5 heteroatoms. The van der Waals surface area contributed by atoms with E-state index in [4.69, 9.17) is 5.11 Å². The summed E-state index contributed by atoms with van der Waals surface area (Å²) in [6.07, 6.45) is 10.3. The molecule has 1 atom stereocenters. The van der Waals surface area contributed by atoms with Crippen molar-refractivity contribution in [1.82, 2.24) is 0 Å². The van der Waals surface area contributed by atoms with Crippen molar-refractivity contribution in [2.75, 3.05) is 19.8 Å². The molecule has 0 aromatic rings. The lowest BCUT2D eigenvalue weighted by Crippen LogP contribution is -2.42. The third kappa shape index (κ3) is 8.68. The van der Waals surface area contributed by atoms with Gasteiger partial charge in [-0.2, -0.15) is 0 Å². The van der Waals surface area contributed by atoms with Crippen molar-refractivity contribution in [3.8, 4) is 0 Å². The maximum atomic E-state index is 11.6. The second-order valence-corrected chi connectivity index (χ2v) is 6.66. The van der Waals surface area contributed by atoms with Gasteiger partial charge in [-0.15, -0.1) is 0 Å². The summed E-state index contributed by atoms with van der Waals surface area (Å²) in [7, 11) is 0. The summed E-state index contributed by atoms with van der Waals surface area (Å²) >= 11 is 0. The SMILES string of the molecule is CCCCCCCCCCC(C(=O)O)C(CO)(CO)CCCO. The second kappa shape index (κ2) is 13.8. The first-order chi connectivity index (χ1) is 11.1. The van der Waals surface area contributed by atoms with Crippen molar-refractivity contribution in [2.45, 2.75) is 77.6 Å². The quantitative estimate of drug-likeness (QED) is 0.326. The van der Waals surface area contributed by atoms with Crippen molar-refractivity contribution in [3.63, 3.8) is 0 Å². The standard InChI is InChI=1S/C18H36O5/c1-2-3-4-5-6-7-8-9-11-16(17(22)23)18(14-20,15-21)12-10-13-19/h16,19-21H,2-15H2,1H3,(H,22,23).